The highest BCUT2D eigenvalue weighted by Crippen LogP contribution is 2.39. The molecule has 0 aliphatic heterocycles. The summed E-state index contributed by atoms with van der Waals surface area (Å²) in [6.07, 6.45) is -0.596. The molecule has 10 heteroatoms. The first-order valence-corrected chi connectivity index (χ1v) is 14.7. The molecule has 0 aliphatic rings. The van der Waals surface area contributed by atoms with Crippen molar-refractivity contribution in [2.45, 2.75) is 38.7 Å². The Bertz CT molecular complexity index is 1840. The summed E-state index contributed by atoms with van der Waals surface area (Å²) in [6.45, 7) is 2.09. The lowest BCUT2D eigenvalue weighted by Crippen LogP contribution is -2.25. The van der Waals surface area contributed by atoms with Crippen molar-refractivity contribution in [3.05, 3.63) is 136 Å². The maximum Gasteiger partial charge on any atom is 0.432 e. The highest BCUT2D eigenvalue weighted by Gasteiger charge is 2.41. The van der Waals surface area contributed by atoms with Crippen molar-refractivity contribution in [3.63, 3.8) is 0 Å². The van der Waals surface area contributed by atoms with Crippen LogP contribution in [0.5, 0.6) is 5.75 Å². The third-order valence-corrected chi connectivity index (χ3v) is 7.74. The molecule has 1 nitrogen and oxygen atoms in total. The van der Waals surface area contributed by atoms with Gasteiger partial charge in [-0.3, -0.25) is 0 Å². The largest absolute Gasteiger partial charge is 0.432 e. The Kier molecular flexibility index (Phi) is 9.72. The molecule has 46 heavy (non-hydrogen) atoms. The lowest BCUT2D eigenvalue weighted by atomic mass is 9.98. The van der Waals surface area contributed by atoms with E-state index in [-0.39, 0.29) is 27.3 Å². The molecule has 0 bridgehead atoms. The monoisotopic (exact) mass is 660 g/mol. The van der Waals surface area contributed by atoms with Gasteiger partial charge in [0.15, 0.2) is 0 Å². The van der Waals surface area contributed by atoms with Gasteiger partial charge in [0.25, 0.3) is 0 Å². The minimum Gasteiger partial charge on any atom is -0.429 e. The standard InChI is InChI=1S/C36H25ClF8O/c1-2-3-4-5-20-6-8-21(9-7-20)23-15-32(42)35(33(43)16-23)36(44,45)46-25-11-12-26(28(38)19-25)24-17-30(40)34(31(41)18-24)22-10-13-27(37)29(39)14-22/h6-19H,2-5H2,1H3. The van der Waals surface area contributed by atoms with Crippen LogP contribution in [0.25, 0.3) is 33.4 Å². The molecule has 5 aromatic rings. The zero-order valence-electron chi connectivity index (χ0n) is 24.2. The number of unbranched alkanes of at least 4 members (excludes halogenated alkanes) is 2. The average Bonchev–Trinajstić information content (AvgIpc) is 2.98. The highest BCUT2D eigenvalue weighted by atomic mass is 35.5. The number of halogens is 9. The van der Waals surface area contributed by atoms with E-state index in [1.54, 1.807) is 12.1 Å². The zero-order chi connectivity index (χ0) is 33.2. The fourth-order valence-electron chi connectivity index (χ4n) is 5.11. The van der Waals surface area contributed by atoms with E-state index in [0.717, 1.165) is 79.8 Å². The third kappa shape index (κ3) is 7.04. The van der Waals surface area contributed by atoms with Crippen LogP contribution in [-0.2, 0) is 12.5 Å². The first kappa shape index (κ1) is 33.0. The van der Waals surface area contributed by atoms with Gasteiger partial charge in [-0.05, 0) is 89.2 Å². The molecule has 0 spiro atoms. The van der Waals surface area contributed by atoms with Crippen molar-refractivity contribution in [1.82, 2.24) is 0 Å². The molecular weight excluding hydrogens is 636 g/mol. The van der Waals surface area contributed by atoms with Gasteiger partial charge in [0.05, 0.1) is 10.6 Å². The Morgan fingerprint density at radius 2 is 1.17 bits per heavy atom. The van der Waals surface area contributed by atoms with E-state index < -0.39 is 57.9 Å². The Morgan fingerprint density at radius 3 is 1.76 bits per heavy atom. The lowest BCUT2D eigenvalue weighted by Gasteiger charge is -2.20. The van der Waals surface area contributed by atoms with Crippen LogP contribution in [0.3, 0.4) is 0 Å². The molecule has 238 valence electrons. The van der Waals surface area contributed by atoms with Gasteiger partial charge in [0.1, 0.15) is 46.2 Å². The normalized spacial score (nSPS) is 11.6. The number of ether oxygens (including phenoxy) is 1. The number of rotatable bonds is 10. The number of alkyl halides is 2. The summed E-state index contributed by atoms with van der Waals surface area (Å²) in [4.78, 5) is 0. The van der Waals surface area contributed by atoms with Gasteiger partial charge in [-0.2, -0.15) is 8.78 Å². The molecule has 0 radical (unpaired) electrons. The van der Waals surface area contributed by atoms with Crippen LogP contribution in [0.4, 0.5) is 35.1 Å². The number of hydrogen-bond acceptors (Lipinski definition) is 1. The fraction of sp³-hybridized carbons (Fsp3) is 0.167. The van der Waals surface area contributed by atoms with Crippen molar-refractivity contribution in [1.29, 1.82) is 0 Å². The van der Waals surface area contributed by atoms with Gasteiger partial charge in [-0.1, -0.05) is 61.7 Å². The summed E-state index contributed by atoms with van der Waals surface area (Å²) in [5, 5.41) is -0.253. The van der Waals surface area contributed by atoms with E-state index in [0.29, 0.717) is 11.6 Å². The van der Waals surface area contributed by atoms with Crippen molar-refractivity contribution in [2.24, 2.45) is 0 Å². The van der Waals surface area contributed by atoms with Crippen LogP contribution in [0.2, 0.25) is 5.02 Å². The molecule has 0 unspecified atom stereocenters. The maximum absolute atomic E-state index is 15.1. The molecule has 0 fully saturated rings. The van der Waals surface area contributed by atoms with E-state index in [4.69, 9.17) is 11.6 Å². The summed E-state index contributed by atoms with van der Waals surface area (Å²) >= 11 is 5.62. The van der Waals surface area contributed by atoms with Crippen LogP contribution in [0, 0.1) is 34.9 Å². The molecule has 0 saturated carbocycles. The Morgan fingerprint density at radius 1 is 0.587 bits per heavy atom. The molecule has 0 N–H and O–H groups in total. The second-order valence-corrected chi connectivity index (χ2v) is 11.1. The molecule has 0 atom stereocenters. The molecule has 0 saturated heterocycles. The van der Waals surface area contributed by atoms with Crippen molar-refractivity contribution < 1.29 is 39.9 Å². The van der Waals surface area contributed by atoms with Gasteiger partial charge < -0.3 is 4.74 Å². The highest BCUT2D eigenvalue weighted by molar-refractivity contribution is 6.30. The third-order valence-electron chi connectivity index (χ3n) is 7.44. The lowest BCUT2D eigenvalue weighted by molar-refractivity contribution is -0.189. The second kappa shape index (κ2) is 13.5. The quantitative estimate of drug-likeness (QED) is 0.107. The molecule has 0 aromatic heterocycles. The van der Waals surface area contributed by atoms with Crippen LogP contribution in [0.15, 0.2) is 84.9 Å². The average molecular weight is 661 g/mol. The summed E-state index contributed by atoms with van der Waals surface area (Å²) in [5.41, 5.74) is -1.61. The Labute approximate surface area is 265 Å². The molecular formula is C36H25ClF8O. The van der Waals surface area contributed by atoms with Crippen molar-refractivity contribution in [2.75, 3.05) is 0 Å². The molecule has 5 rings (SSSR count). The van der Waals surface area contributed by atoms with E-state index >= 15 is 13.2 Å². The van der Waals surface area contributed by atoms with Crippen molar-refractivity contribution >= 4 is 11.6 Å². The van der Waals surface area contributed by atoms with Crippen molar-refractivity contribution in [3.8, 4) is 39.1 Å². The topological polar surface area (TPSA) is 9.23 Å². The minimum atomic E-state index is -4.56. The minimum absolute atomic E-state index is 0.0386. The SMILES string of the molecule is CCCCCc1ccc(-c2cc(F)c(C(F)(F)Oc3ccc(-c4cc(F)c(-c5ccc(Cl)c(F)c5)c(F)c4)c(F)c3)c(F)c2)cc1. The number of aryl methyl sites for hydroxylation is 1. The molecule has 0 heterocycles. The zero-order valence-corrected chi connectivity index (χ0v) is 25.0. The van der Waals surface area contributed by atoms with Crippen LogP contribution in [-0.4, -0.2) is 0 Å². The molecule has 0 amide bonds. The first-order chi connectivity index (χ1) is 21.9. The van der Waals surface area contributed by atoms with Gasteiger partial charge in [-0.15, -0.1) is 0 Å². The molecule has 0 aliphatic carbocycles. The smallest absolute Gasteiger partial charge is 0.429 e. The maximum atomic E-state index is 15.1. The van der Waals surface area contributed by atoms with Gasteiger partial charge >= 0.3 is 6.11 Å². The summed E-state index contributed by atoms with van der Waals surface area (Å²) in [7, 11) is 0. The number of benzene rings is 5. The van der Waals surface area contributed by atoms with E-state index in [1.165, 1.54) is 6.07 Å². The van der Waals surface area contributed by atoms with Crippen LogP contribution >= 0.6 is 11.6 Å². The van der Waals surface area contributed by atoms with Crippen LogP contribution < -0.4 is 4.74 Å². The first-order valence-electron chi connectivity index (χ1n) is 14.3. The summed E-state index contributed by atoms with van der Waals surface area (Å²) in [6, 6.07) is 15.4. The van der Waals surface area contributed by atoms with E-state index in [9.17, 15) is 22.0 Å². The predicted octanol–water partition coefficient (Wildman–Crippen LogP) is 12.0. The number of hydrogen-bond donors (Lipinski definition) is 0. The summed E-state index contributed by atoms with van der Waals surface area (Å²) in [5.74, 6) is -8.38. The molecule has 5 aromatic carbocycles. The Hall–Kier alpha value is -4.37. The summed E-state index contributed by atoms with van der Waals surface area (Å²) < 4.78 is 123. The second-order valence-electron chi connectivity index (χ2n) is 10.7. The van der Waals surface area contributed by atoms with Gasteiger partial charge in [0.2, 0.25) is 0 Å². The van der Waals surface area contributed by atoms with E-state index in [2.05, 4.69) is 11.7 Å². The predicted molar refractivity (Wildman–Crippen MR) is 162 cm³/mol. The van der Waals surface area contributed by atoms with Gasteiger partial charge in [-0.25, -0.2) is 26.3 Å². The van der Waals surface area contributed by atoms with Crippen LogP contribution in [0.1, 0.15) is 37.3 Å². The fourth-order valence-corrected chi connectivity index (χ4v) is 5.23. The Balaban J connectivity index is 1.36. The van der Waals surface area contributed by atoms with E-state index in [1.807, 2.05) is 12.1 Å². The van der Waals surface area contributed by atoms with Gasteiger partial charge in [0, 0.05) is 11.6 Å².